The van der Waals surface area contributed by atoms with Crippen LogP contribution in [0.25, 0.3) is 0 Å². The molecule has 1 aliphatic rings. The second kappa shape index (κ2) is 5.37. The molecule has 1 heterocycles. The summed E-state index contributed by atoms with van der Waals surface area (Å²) in [6.45, 7) is 3.05. The van der Waals surface area contributed by atoms with E-state index >= 15 is 0 Å². The quantitative estimate of drug-likeness (QED) is 0.855. The third kappa shape index (κ3) is 3.11. The Morgan fingerprint density at radius 3 is 3.00 bits per heavy atom. The fourth-order valence-corrected chi connectivity index (χ4v) is 2.99. The highest BCUT2D eigenvalue weighted by Crippen LogP contribution is 2.29. The number of aromatic nitrogens is 1. The molecule has 0 aromatic carbocycles. The number of alkyl halides is 1. The summed E-state index contributed by atoms with van der Waals surface area (Å²) < 4.78 is 1.03. The lowest BCUT2D eigenvalue weighted by atomic mass is 10.1. The van der Waals surface area contributed by atoms with E-state index in [0.717, 1.165) is 29.7 Å². The van der Waals surface area contributed by atoms with Crippen molar-refractivity contribution in [2.75, 3.05) is 11.9 Å². The van der Waals surface area contributed by atoms with Crippen molar-refractivity contribution >= 4 is 33.3 Å². The smallest absolute Gasteiger partial charge is 0.128 e. The Kier molecular flexibility index (Phi) is 4.09. The van der Waals surface area contributed by atoms with E-state index in [4.69, 9.17) is 11.6 Å². The number of nitrogens with zero attached hydrogens (tertiary/aromatic N) is 1. The molecule has 88 valence electrons. The first-order valence-corrected chi connectivity index (χ1v) is 6.88. The van der Waals surface area contributed by atoms with Crippen molar-refractivity contribution in [2.24, 2.45) is 5.92 Å². The summed E-state index contributed by atoms with van der Waals surface area (Å²) in [7, 11) is 0. The summed E-state index contributed by atoms with van der Waals surface area (Å²) in [5, 5.41) is 3.79. The van der Waals surface area contributed by atoms with Crippen molar-refractivity contribution < 1.29 is 0 Å². The average molecular weight is 304 g/mol. The number of pyridine rings is 1. The predicted molar refractivity (Wildman–Crippen MR) is 72.1 cm³/mol. The fourth-order valence-electron chi connectivity index (χ4n) is 2.17. The summed E-state index contributed by atoms with van der Waals surface area (Å²) in [5.74, 6) is 1.69. The van der Waals surface area contributed by atoms with Crippen LogP contribution in [0.4, 0.5) is 5.82 Å². The lowest BCUT2D eigenvalue weighted by molar-refractivity contribution is 0.579. The lowest BCUT2D eigenvalue weighted by Gasteiger charge is -2.13. The van der Waals surface area contributed by atoms with Gasteiger partial charge in [0.2, 0.25) is 0 Å². The van der Waals surface area contributed by atoms with E-state index in [1.165, 1.54) is 12.0 Å². The van der Waals surface area contributed by atoms with Crippen molar-refractivity contribution in [2.45, 2.75) is 31.6 Å². The van der Waals surface area contributed by atoms with Crippen LogP contribution < -0.4 is 5.32 Å². The maximum atomic E-state index is 6.09. The van der Waals surface area contributed by atoms with E-state index < -0.39 is 0 Å². The summed E-state index contributed by atoms with van der Waals surface area (Å²) in [4.78, 5) is 4.37. The van der Waals surface area contributed by atoms with Gasteiger partial charge in [0, 0.05) is 22.6 Å². The first-order valence-electron chi connectivity index (χ1n) is 5.65. The number of halogens is 2. The number of hydrogen-bond donors (Lipinski definition) is 1. The molecule has 2 unspecified atom stereocenters. The molecule has 2 rings (SSSR count). The molecule has 16 heavy (non-hydrogen) atoms. The van der Waals surface area contributed by atoms with Crippen molar-refractivity contribution in [3.05, 3.63) is 22.3 Å². The van der Waals surface area contributed by atoms with Gasteiger partial charge in [0.25, 0.3) is 0 Å². The van der Waals surface area contributed by atoms with Gasteiger partial charge in [-0.3, -0.25) is 0 Å². The minimum atomic E-state index is 0.380. The van der Waals surface area contributed by atoms with Crippen molar-refractivity contribution in [3.8, 4) is 0 Å². The fraction of sp³-hybridized carbons (Fsp3) is 0.583. The molecule has 2 atom stereocenters. The van der Waals surface area contributed by atoms with Gasteiger partial charge in [-0.1, -0.05) is 0 Å². The largest absolute Gasteiger partial charge is 0.370 e. The lowest BCUT2D eigenvalue weighted by Crippen LogP contribution is -2.13. The van der Waals surface area contributed by atoms with Crippen LogP contribution in [0.1, 0.15) is 24.8 Å². The molecule has 2 nitrogen and oxygen atoms in total. The van der Waals surface area contributed by atoms with Crippen LogP contribution in [0, 0.1) is 12.8 Å². The van der Waals surface area contributed by atoms with Gasteiger partial charge in [0.05, 0.1) is 0 Å². The Morgan fingerprint density at radius 1 is 1.56 bits per heavy atom. The Bertz CT molecular complexity index is 370. The number of rotatable bonds is 3. The van der Waals surface area contributed by atoms with E-state index in [1.807, 2.05) is 6.20 Å². The van der Waals surface area contributed by atoms with Gasteiger partial charge in [-0.15, -0.1) is 11.6 Å². The maximum Gasteiger partial charge on any atom is 0.128 e. The van der Waals surface area contributed by atoms with E-state index in [2.05, 4.69) is 39.2 Å². The molecule has 1 saturated carbocycles. The van der Waals surface area contributed by atoms with Crippen LogP contribution in [-0.2, 0) is 0 Å². The van der Waals surface area contributed by atoms with Gasteiger partial charge < -0.3 is 5.32 Å². The molecule has 1 N–H and O–H groups in total. The first-order chi connectivity index (χ1) is 7.65. The zero-order chi connectivity index (χ0) is 11.5. The maximum absolute atomic E-state index is 6.09. The molecule has 1 fully saturated rings. The first kappa shape index (κ1) is 12.2. The molecule has 0 radical (unpaired) electrons. The highest BCUT2D eigenvalue weighted by Gasteiger charge is 2.22. The van der Waals surface area contributed by atoms with Crippen molar-refractivity contribution in [3.63, 3.8) is 0 Å². The zero-order valence-electron chi connectivity index (χ0n) is 9.34. The van der Waals surface area contributed by atoms with Crippen molar-refractivity contribution in [1.82, 2.24) is 4.98 Å². The predicted octanol–water partition coefficient (Wildman–Crippen LogP) is 3.97. The monoisotopic (exact) mass is 302 g/mol. The van der Waals surface area contributed by atoms with Gasteiger partial charge in [0.1, 0.15) is 5.82 Å². The second-order valence-electron chi connectivity index (χ2n) is 4.48. The molecule has 0 spiro atoms. The second-order valence-corrected chi connectivity index (χ2v) is 6.01. The van der Waals surface area contributed by atoms with Crippen LogP contribution >= 0.6 is 27.5 Å². The van der Waals surface area contributed by atoms with Gasteiger partial charge in [-0.05, 0) is 59.7 Å². The summed E-state index contributed by atoms with van der Waals surface area (Å²) in [5.41, 5.74) is 1.18. The van der Waals surface area contributed by atoms with Crippen LogP contribution in [-0.4, -0.2) is 16.9 Å². The molecule has 4 heteroatoms. The average Bonchev–Trinajstić information content (AvgIpc) is 2.63. The molecule has 1 aliphatic carbocycles. The molecular weight excluding hydrogens is 288 g/mol. The van der Waals surface area contributed by atoms with E-state index in [9.17, 15) is 0 Å². The summed E-state index contributed by atoms with van der Waals surface area (Å²) in [6.07, 6.45) is 5.34. The SMILES string of the molecule is Cc1cc(Br)cnc1NCC1CCC(Cl)C1. The molecule has 0 saturated heterocycles. The number of aryl methyl sites for hydroxylation is 1. The molecule has 0 bridgehead atoms. The van der Waals surface area contributed by atoms with Crippen LogP contribution in [0.15, 0.2) is 16.7 Å². The third-order valence-corrected chi connectivity index (χ3v) is 3.91. The Labute approximate surface area is 110 Å². The number of anilines is 1. The molecule has 0 aliphatic heterocycles. The standard InChI is InChI=1S/C12H16BrClN2/c1-8-4-10(13)7-16-12(8)15-6-9-2-3-11(14)5-9/h4,7,9,11H,2-3,5-6H2,1H3,(H,15,16). The van der Waals surface area contributed by atoms with E-state index in [1.54, 1.807) is 0 Å². The Morgan fingerprint density at radius 2 is 2.38 bits per heavy atom. The van der Waals surface area contributed by atoms with Gasteiger partial charge >= 0.3 is 0 Å². The molecule has 1 aromatic heterocycles. The third-order valence-electron chi connectivity index (χ3n) is 3.08. The minimum Gasteiger partial charge on any atom is -0.370 e. The van der Waals surface area contributed by atoms with E-state index in [-0.39, 0.29) is 0 Å². The molecular formula is C12H16BrClN2. The topological polar surface area (TPSA) is 24.9 Å². The highest BCUT2D eigenvalue weighted by atomic mass is 79.9. The highest BCUT2D eigenvalue weighted by molar-refractivity contribution is 9.10. The molecule has 1 aromatic rings. The summed E-state index contributed by atoms with van der Waals surface area (Å²) in [6, 6.07) is 2.08. The van der Waals surface area contributed by atoms with E-state index in [0.29, 0.717) is 11.3 Å². The Hall–Kier alpha value is -0.280. The van der Waals surface area contributed by atoms with Crippen LogP contribution in [0.5, 0.6) is 0 Å². The normalized spacial score (nSPS) is 24.7. The Balaban J connectivity index is 1.89. The minimum absolute atomic E-state index is 0.380. The van der Waals surface area contributed by atoms with Gasteiger partial charge in [-0.2, -0.15) is 0 Å². The van der Waals surface area contributed by atoms with Crippen LogP contribution in [0.3, 0.4) is 0 Å². The van der Waals surface area contributed by atoms with Gasteiger partial charge in [0.15, 0.2) is 0 Å². The molecule has 0 amide bonds. The number of hydrogen-bond acceptors (Lipinski definition) is 2. The van der Waals surface area contributed by atoms with Crippen LogP contribution in [0.2, 0.25) is 0 Å². The number of nitrogens with one attached hydrogen (secondary N) is 1. The van der Waals surface area contributed by atoms with Gasteiger partial charge in [-0.25, -0.2) is 4.98 Å². The summed E-state index contributed by atoms with van der Waals surface area (Å²) >= 11 is 9.50. The van der Waals surface area contributed by atoms with Crippen molar-refractivity contribution in [1.29, 1.82) is 0 Å². The zero-order valence-corrected chi connectivity index (χ0v) is 11.7.